The van der Waals surface area contributed by atoms with E-state index < -0.39 is 11.0 Å². The molecule has 4 aliphatic rings. The highest BCUT2D eigenvalue weighted by molar-refractivity contribution is 6.33. The Balaban J connectivity index is 1.73. The molecule has 4 heteroatoms. The van der Waals surface area contributed by atoms with Gasteiger partial charge in [-0.3, -0.25) is 9.59 Å². The van der Waals surface area contributed by atoms with Crippen molar-refractivity contribution in [3.8, 4) is 0 Å². The van der Waals surface area contributed by atoms with E-state index >= 15 is 0 Å². The van der Waals surface area contributed by atoms with Crippen molar-refractivity contribution < 1.29 is 14.3 Å². The number of unbranched alkanes of at least 4 members (excludes halogenated alkanes) is 2. The minimum Gasteiger partial charge on any atom is -0.367 e. The number of carbonyl (C=O) groups is 2. The van der Waals surface area contributed by atoms with Gasteiger partial charge in [-0.1, -0.05) is 64.4 Å². The van der Waals surface area contributed by atoms with Crippen molar-refractivity contribution in [2.45, 2.75) is 78.2 Å². The van der Waals surface area contributed by atoms with Crippen LogP contribution in [0, 0.1) is 28.6 Å². The molecule has 0 unspecified atom stereocenters. The summed E-state index contributed by atoms with van der Waals surface area (Å²) in [5.74, 6) is 0.888. The van der Waals surface area contributed by atoms with Gasteiger partial charge in [0.15, 0.2) is 11.6 Å². The van der Waals surface area contributed by atoms with E-state index in [9.17, 15) is 9.59 Å². The number of ether oxygens (including phenoxy) is 1. The Labute approximate surface area is 198 Å². The van der Waals surface area contributed by atoms with Crippen LogP contribution in [0.5, 0.6) is 0 Å². The van der Waals surface area contributed by atoms with Gasteiger partial charge in [0.05, 0.1) is 0 Å². The lowest BCUT2D eigenvalue weighted by molar-refractivity contribution is -0.171. The van der Waals surface area contributed by atoms with E-state index in [1.807, 2.05) is 0 Å². The number of hydrogen-bond acceptors (Lipinski definition) is 3. The third-order valence-electron chi connectivity index (χ3n) is 9.58. The van der Waals surface area contributed by atoms with Gasteiger partial charge in [-0.15, -0.1) is 0 Å². The molecule has 0 aromatic heterocycles. The van der Waals surface area contributed by atoms with Crippen molar-refractivity contribution in [3.63, 3.8) is 0 Å². The fraction of sp³-hybridized carbons (Fsp3) is 0.643. The van der Waals surface area contributed by atoms with Crippen molar-refractivity contribution >= 4 is 23.2 Å². The molecule has 32 heavy (non-hydrogen) atoms. The van der Waals surface area contributed by atoms with E-state index in [-0.39, 0.29) is 28.8 Å². The normalized spacial score (nSPS) is 40.9. The van der Waals surface area contributed by atoms with Crippen LogP contribution in [0.15, 0.2) is 47.1 Å². The second-order valence-electron chi connectivity index (χ2n) is 10.8. The van der Waals surface area contributed by atoms with Crippen molar-refractivity contribution in [3.05, 3.63) is 47.1 Å². The van der Waals surface area contributed by atoms with Gasteiger partial charge in [-0.25, -0.2) is 0 Å². The Hall–Kier alpha value is -1.45. The number of ketones is 2. The first kappa shape index (κ1) is 23.7. The summed E-state index contributed by atoms with van der Waals surface area (Å²) >= 11 is 6.84. The van der Waals surface area contributed by atoms with Gasteiger partial charge in [0, 0.05) is 28.0 Å². The standard InChI is InChI=1S/C28H37ClO3/c1-7-8-9-14-32-28(19(4)30)13-11-21-20-15-24(29)23-16-25(31)17(2)18(3)27(23,6)22(20)10-12-26(21,28)5/h15-16,20-22H,2-3,7-14H2,1,4-6H3/t20-,21-,22-,26-,27+,28-/m0/s1. The first-order valence-electron chi connectivity index (χ1n) is 12.2. The van der Waals surface area contributed by atoms with Crippen molar-refractivity contribution in [2.75, 3.05) is 6.61 Å². The van der Waals surface area contributed by atoms with Crippen LogP contribution in [-0.2, 0) is 14.3 Å². The van der Waals surface area contributed by atoms with Crippen LogP contribution in [0.3, 0.4) is 0 Å². The van der Waals surface area contributed by atoms with Gasteiger partial charge in [-0.05, 0) is 74.0 Å². The summed E-state index contributed by atoms with van der Waals surface area (Å²) in [6.45, 7) is 17.3. The second-order valence-corrected chi connectivity index (χ2v) is 11.2. The van der Waals surface area contributed by atoms with Gasteiger partial charge in [-0.2, -0.15) is 0 Å². The molecule has 0 spiro atoms. The lowest BCUT2D eigenvalue weighted by atomic mass is 9.47. The number of rotatable bonds is 6. The maximum Gasteiger partial charge on any atom is 0.185 e. The zero-order chi connectivity index (χ0) is 23.5. The number of allylic oxidation sites excluding steroid dienone is 6. The Morgan fingerprint density at radius 1 is 1.19 bits per heavy atom. The second kappa shape index (κ2) is 8.09. The SMILES string of the molecule is C=C1C(=C)[C@@]2(C)C(=CC1=O)C(Cl)=C[C@@H]1[C@@H]2CC[C@@]2(C)[C@H]1CC[C@]2(OCCCCC)C(C)=O. The van der Waals surface area contributed by atoms with E-state index in [2.05, 4.69) is 40.0 Å². The summed E-state index contributed by atoms with van der Waals surface area (Å²) in [7, 11) is 0. The number of fused-ring (bicyclic) bond motifs is 5. The van der Waals surface area contributed by atoms with Crippen molar-refractivity contribution in [1.82, 2.24) is 0 Å². The average molecular weight is 457 g/mol. The highest BCUT2D eigenvalue weighted by Gasteiger charge is 2.67. The van der Waals surface area contributed by atoms with Crippen LogP contribution in [0.1, 0.15) is 72.6 Å². The maximum atomic E-state index is 13.1. The van der Waals surface area contributed by atoms with Crippen LogP contribution in [0.25, 0.3) is 0 Å². The van der Waals surface area contributed by atoms with Crippen LogP contribution in [0.2, 0.25) is 0 Å². The monoisotopic (exact) mass is 456 g/mol. The average Bonchev–Trinajstić information content (AvgIpc) is 3.05. The maximum absolute atomic E-state index is 13.1. The summed E-state index contributed by atoms with van der Waals surface area (Å²) in [5, 5.41) is 0.657. The number of hydrogen-bond donors (Lipinski definition) is 0. The van der Waals surface area contributed by atoms with Gasteiger partial charge >= 0.3 is 0 Å². The topological polar surface area (TPSA) is 43.4 Å². The number of halogens is 1. The fourth-order valence-corrected chi connectivity index (χ4v) is 8.00. The molecule has 0 amide bonds. The third-order valence-corrected chi connectivity index (χ3v) is 9.91. The first-order valence-corrected chi connectivity index (χ1v) is 12.6. The molecule has 0 radical (unpaired) electrons. The summed E-state index contributed by atoms with van der Waals surface area (Å²) in [6, 6.07) is 0. The molecule has 2 saturated carbocycles. The lowest BCUT2D eigenvalue weighted by Crippen LogP contribution is -2.58. The van der Waals surface area contributed by atoms with Gasteiger partial charge in [0.2, 0.25) is 0 Å². The molecule has 4 aliphatic carbocycles. The quantitative estimate of drug-likeness (QED) is 0.328. The molecule has 0 aromatic carbocycles. The van der Waals surface area contributed by atoms with E-state index in [0.717, 1.165) is 56.1 Å². The minimum absolute atomic E-state index is 0.0925. The lowest BCUT2D eigenvalue weighted by Gasteiger charge is -2.58. The minimum atomic E-state index is -0.711. The molecule has 3 nitrogen and oxygen atoms in total. The molecule has 0 saturated heterocycles. The van der Waals surface area contributed by atoms with E-state index in [0.29, 0.717) is 23.1 Å². The highest BCUT2D eigenvalue weighted by atomic mass is 35.5. The summed E-state index contributed by atoms with van der Waals surface area (Å²) in [5.41, 5.74) is 0.858. The van der Waals surface area contributed by atoms with E-state index in [4.69, 9.17) is 16.3 Å². The van der Waals surface area contributed by atoms with Crippen molar-refractivity contribution in [2.24, 2.45) is 28.6 Å². The molecule has 6 atom stereocenters. The van der Waals surface area contributed by atoms with E-state index in [1.54, 1.807) is 13.0 Å². The predicted octanol–water partition coefficient (Wildman–Crippen LogP) is 6.73. The van der Waals surface area contributed by atoms with Crippen molar-refractivity contribution in [1.29, 1.82) is 0 Å². The highest BCUT2D eigenvalue weighted by Crippen LogP contribution is 2.68. The zero-order valence-electron chi connectivity index (χ0n) is 20.1. The Morgan fingerprint density at radius 3 is 2.53 bits per heavy atom. The zero-order valence-corrected chi connectivity index (χ0v) is 20.8. The number of Topliss-reactive ketones (excluding diaryl/α,β-unsaturated/α-hetero) is 1. The predicted molar refractivity (Wildman–Crippen MR) is 129 cm³/mol. The molecule has 0 heterocycles. The molecule has 4 rings (SSSR count). The van der Waals surface area contributed by atoms with Crippen LogP contribution >= 0.6 is 11.6 Å². The molecular weight excluding hydrogens is 420 g/mol. The van der Waals surface area contributed by atoms with Gasteiger partial charge in [0.1, 0.15) is 5.60 Å². The molecule has 0 bridgehead atoms. The van der Waals surface area contributed by atoms with Gasteiger partial charge < -0.3 is 4.74 Å². The Kier molecular flexibility index (Phi) is 5.99. The molecule has 0 aromatic rings. The summed E-state index contributed by atoms with van der Waals surface area (Å²) in [4.78, 5) is 25.6. The molecule has 2 fully saturated rings. The summed E-state index contributed by atoms with van der Waals surface area (Å²) in [6.07, 6.45) is 10.7. The molecular formula is C28H37ClO3. The number of carbonyl (C=O) groups excluding carboxylic acids is 2. The smallest absolute Gasteiger partial charge is 0.185 e. The fourth-order valence-electron chi connectivity index (χ4n) is 7.61. The third kappa shape index (κ3) is 3.03. The Bertz CT molecular complexity index is 942. The summed E-state index contributed by atoms with van der Waals surface area (Å²) < 4.78 is 6.53. The molecule has 0 aliphatic heterocycles. The van der Waals surface area contributed by atoms with Crippen LogP contribution < -0.4 is 0 Å². The molecule has 174 valence electrons. The van der Waals surface area contributed by atoms with E-state index in [1.165, 1.54) is 0 Å². The van der Waals surface area contributed by atoms with Crippen LogP contribution in [0.4, 0.5) is 0 Å². The van der Waals surface area contributed by atoms with Gasteiger partial charge in [0.25, 0.3) is 0 Å². The first-order chi connectivity index (χ1) is 15.0. The molecule has 0 N–H and O–H groups in total. The largest absolute Gasteiger partial charge is 0.367 e. The van der Waals surface area contributed by atoms with Crippen LogP contribution in [-0.4, -0.2) is 23.8 Å². The Morgan fingerprint density at radius 2 is 1.88 bits per heavy atom.